The second-order valence-corrected chi connectivity index (χ2v) is 7.99. The maximum Gasteiger partial charge on any atom is 0.0408 e. The van der Waals surface area contributed by atoms with E-state index in [-0.39, 0.29) is 14.5 Å². The molecular weight excluding hydrogens is 312 g/mol. The van der Waals surface area contributed by atoms with E-state index in [1.165, 1.54) is 25.3 Å². The van der Waals surface area contributed by atoms with Crippen molar-refractivity contribution in [2.75, 3.05) is 0 Å². The lowest BCUT2D eigenvalue weighted by Crippen LogP contribution is -2.20. The fourth-order valence-corrected chi connectivity index (χ4v) is 5.99. The first-order valence-corrected chi connectivity index (χ1v) is 7.92. The highest BCUT2D eigenvalue weighted by molar-refractivity contribution is 9.11. The van der Waals surface area contributed by atoms with E-state index < -0.39 is 0 Å². The maximum atomic E-state index is 6.08. The molecule has 1 aliphatic carbocycles. The first-order valence-electron chi connectivity index (χ1n) is 5.60. The predicted molar refractivity (Wildman–Crippen MR) is 79.3 cm³/mol. The van der Waals surface area contributed by atoms with Crippen molar-refractivity contribution in [2.24, 2.45) is 5.41 Å². The number of hydrogen-bond donors (Lipinski definition) is 0. The van der Waals surface area contributed by atoms with Gasteiger partial charge in [0.2, 0.25) is 0 Å². The third-order valence-electron chi connectivity index (χ3n) is 3.32. The molecule has 1 aromatic rings. The summed E-state index contributed by atoms with van der Waals surface area (Å²) in [5.74, 6) is 0. The largest absolute Gasteiger partial charge is 0.0843 e. The average Bonchev–Trinajstić information content (AvgIpc) is 2.53. The van der Waals surface area contributed by atoms with Crippen LogP contribution in [0.4, 0.5) is 0 Å². The molecule has 2 aliphatic rings. The highest BCUT2D eigenvalue weighted by Gasteiger charge is 2.29. The summed E-state index contributed by atoms with van der Waals surface area (Å²) in [7, 11) is 0.186. The van der Waals surface area contributed by atoms with E-state index in [0.717, 1.165) is 5.02 Å². The van der Waals surface area contributed by atoms with Crippen LogP contribution in [-0.2, 0) is 0 Å². The Kier molecular flexibility index (Phi) is 2.58. The molecule has 0 N–H and O–H groups in total. The van der Waals surface area contributed by atoms with Crippen LogP contribution >= 0.6 is 27.5 Å². The summed E-state index contributed by atoms with van der Waals surface area (Å²) in [5.41, 5.74) is 1.59. The van der Waals surface area contributed by atoms with E-state index in [1.54, 1.807) is 0 Å². The molecule has 1 aromatic carbocycles. The highest BCUT2D eigenvalue weighted by Crippen LogP contribution is 2.41. The van der Waals surface area contributed by atoms with Gasteiger partial charge in [0.15, 0.2) is 0 Å². The smallest absolute Gasteiger partial charge is 0.0408 e. The van der Waals surface area contributed by atoms with Crippen LogP contribution in [0.5, 0.6) is 0 Å². The summed E-state index contributed by atoms with van der Waals surface area (Å²) in [5, 5.41) is 3.75. The topological polar surface area (TPSA) is 0 Å². The third kappa shape index (κ3) is 1.83. The number of hydrogen-bond acceptors (Lipinski definition) is 0. The van der Waals surface area contributed by atoms with Gasteiger partial charge in [0.05, 0.1) is 0 Å². The molecule has 0 spiro atoms. The van der Waals surface area contributed by atoms with Crippen molar-refractivity contribution >= 4 is 42.2 Å². The molecule has 0 amide bonds. The molecule has 86 valence electrons. The minimum Gasteiger partial charge on any atom is -0.0843 e. The van der Waals surface area contributed by atoms with Crippen LogP contribution in [0.2, 0.25) is 5.02 Å². The Morgan fingerprint density at radius 2 is 2.06 bits per heavy atom. The Balaban J connectivity index is 2.42. The first kappa shape index (κ1) is 11.6. The van der Waals surface area contributed by atoms with E-state index in [1.807, 2.05) is 6.07 Å². The van der Waals surface area contributed by atoms with Gasteiger partial charge in [-0.1, -0.05) is 53.5 Å². The highest BCUT2D eigenvalue weighted by atomic mass is 79.9. The minimum atomic E-state index is 0.106. The zero-order valence-corrected chi connectivity index (χ0v) is 13.2. The minimum absolute atomic E-state index is 0.106. The molecule has 1 heterocycles. The van der Waals surface area contributed by atoms with Crippen molar-refractivity contribution in [1.29, 1.82) is 0 Å². The molecule has 0 fully saturated rings. The van der Waals surface area contributed by atoms with Gasteiger partial charge in [0, 0.05) is 24.1 Å². The van der Waals surface area contributed by atoms with Crippen LogP contribution < -0.4 is 5.22 Å². The number of allylic oxidation sites excluding steroid dienone is 4. The summed E-state index contributed by atoms with van der Waals surface area (Å²) in [6.07, 6.45) is 4.55. The van der Waals surface area contributed by atoms with Gasteiger partial charge in [0.25, 0.3) is 0 Å². The van der Waals surface area contributed by atoms with Crippen LogP contribution in [0.3, 0.4) is 0 Å². The number of fused-ring (bicyclic) bond motifs is 2. The molecule has 0 bridgehead atoms. The number of halogens is 2. The second kappa shape index (κ2) is 3.77. The third-order valence-corrected chi connectivity index (χ3v) is 5.57. The van der Waals surface area contributed by atoms with Crippen molar-refractivity contribution in [2.45, 2.75) is 13.8 Å². The van der Waals surface area contributed by atoms with Crippen molar-refractivity contribution in [3.05, 3.63) is 55.1 Å². The molecule has 0 radical (unpaired) electrons. The van der Waals surface area contributed by atoms with Gasteiger partial charge in [-0.15, -0.1) is 0 Å². The summed E-state index contributed by atoms with van der Waals surface area (Å²) >= 11 is 9.70. The molecule has 0 aromatic heterocycles. The van der Waals surface area contributed by atoms with Crippen LogP contribution in [0, 0.1) is 10.2 Å². The molecule has 0 unspecified atom stereocenters. The molecule has 1 aliphatic heterocycles. The van der Waals surface area contributed by atoms with Gasteiger partial charge < -0.3 is 0 Å². The fourth-order valence-electron chi connectivity index (χ4n) is 2.72. The molecular formula is C14H12BrClSi. The van der Waals surface area contributed by atoms with Crippen molar-refractivity contribution in [1.82, 2.24) is 0 Å². The van der Waals surface area contributed by atoms with Crippen LogP contribution in [0.25, 0.3) is 5.57 Å². The second-order valence-electron chi connectivity index (χ2n) is 5.10. The SMILES string of the molecule is CC1(C)C=C(Br)C=C2[SiH]=c3cc(Cl)ccc3=C21. The monoisotopic (exact) mass is 322 g/mol. The molecule has 17 heavy (non-hydrogen) atoms. The van der Waals surface area contributed by atoms with Gasteiger partial charge in [-0.05, 0) is 39.0 Å². The summed E-state index contributed by atoms with van der Waals surface area (Å²) < 4.78 is 1.20. The Morgan fingerprint density at radius 3 is 2.82 bits per heavy atom. The normalized spacial score (nSPS) is 20.1. The van der Waals surface area contributed by atoms with Crippen LogP contribution in [0.1, 0.15) is 13.8 Å². The maximum absolute atomic E-state index is 6.08. The Morgan fingerprint density at radius 1 is 1.29 bits per heavy atom. The van der Waals surface area contributed by atoms with Gasteiger partial charge in [-0.2, -0.15) is 0 Å². The van der Waals surface area contributed by atoms with Crippen molar-refractivity contribution < 1.29 is 0 Å². The fraction of sp³-hybridized carbons (Fsp3) is 0.214. The molecule has 0 nitrogen and oxygen atoms in total. The van der Waals surface area contributed by atoms with Gasteiger partial charge >= 0.3 is 0 Å². The average molecular weight is 324 g/mol. The summed E-state index contributed by atoms with van der Waals surface area (Å²) in [6, 6.07) is 6.30. The van der Waals surface area contributed by atoms with Crippen molar-refractivity contribution in [3.63, 3.8) is 0 Å². The van der Waals surface area contributed by atoms with Crippen LogP contribution in [-0.4, -0.2) is 9.13 Å². The number of benzene rings is 1. The predicted octanol–water partition coefficient (Wildman–Crippen LogP) is 3.39. The van der Waals surface area contributed by atoms with E-state index in [0.29, 0.717) is 0 Å². The Labute approximate surface area is 116 Å². The lowest BCUT2D eigenvalue weighted by Gasteiger charge is -2.28. The van der Waals surface area contributed by atoms with E-state index in [9.17, 15) is 0 Å². The van der Waals surface area contributed by atoms with Gasteiger partial charge in [0.1, 0.15) is 0 Å². The van der Waals surface area contributed by atoms with E-state index in [2.05, 4.69) is 54.1 Å². The lowest BCUT2D eigenvalue weighted by atomic mass is 9.80. The lowest BCUT2D eigenvalue weighted by molar-refractivity contribution is 0.644. The standard InChI is InChI=1S/C14H12BrClSi/c1-14(2)7-8(15)5-12-13(14)10-4-3-9(16)6-11(10)17-12/h3-7,17H,1-2H3. The number of rotatable bonds is 0. The Hall–Kier alpha value is -0.443. The van der Waals surface area contributed by atoms with E-state index >= 15 is 0 Å². The first-order chi connectivity index (χ1) is 7.97. The van der Waals surface area contributed by atoms with Crippen LogP contribution in [0.15, 0.2) is 40.0 Å². The van der Waals surface area contributed by atoms with Gasteiger partial charge in [-0.25, -0.2) is 0 Å². The zero-order valence-electron chi connectivity index (χ0n) is 9.72. The summed E-state index contributed by atoms with van der Waals surface area (Å²) in [6.45, 7) is 4.56. The molecule has 0 atom stereocenters. The molecule has 3 rings (SSSR count). The van der Waals surface area contributed by atoms with E-state index in [4.69, 9.17) is 11.6 Å². The molecule has 3 heteroatoms. The van der Waals surface area contributed by atoms with Crippen molar-refractivity contribution in [3.8, 4) is 0 Å². The summed E-state index contributed by atoms with van der Waals surface area (Å²) in [4.78, 5) is 1.43. The quantitative estimate of drug-likeness (QED) is 0.642. The van der Waals surface area contributed by atoms with Gasteiger partial charge in [-0.3, -0.25) is 0 Å². The molecule has 0 saturated heterocycles. The molecule has 0 saturated carbocycles. The zero-order chi connectivity index (χ0) is 12.2. The Bertz CT molecular complexity index is 695.